The summed E-state index contributed by atoms with van der Waals surface area (Å²) in [5, 5.41) is 4.19. The molecule has 0 fully saturated rings. The van der Waals surface area contributed by atoms with Crippen molar-refractivity contribution in [1.29, 1.82) is 0 Å². The largest absolute Gasteiger partial charge is 0.321 e. The number of nitrogens with one attached hydrogen (secondary N) is 2. The zero-order chi connectivity index (χ0) is 16.4. The van der Waals surface area contributed by atoms with Gasteiger partial charge in [0.1, 0.15) is 5.82 Å². The van der Waals surface area contributed by atoms with Gasteiger partial charge < -0.3 is 10.3 Å². The molecule has 0 saturated carbocycles. The number of pyridine rings is 1. The fourth-order valence-electron chi connectivity index (χ4n) is 2.72. The van der Waals surface area contributed by atoms with E-state index < -0.39 is 0 Å². The van der Waals surface area contributed by atoms with Crippen LogP contribution in [0.5, 0.6) is 0 Å². The Labute approximate surface area is 134 Å². The second kappa shape index (κ2) is 6.34. The zero-order valence-electron chi connectivity index (χ0n) is 13.2. The molecule has 1 heterocycles. The van der Waals surface area contributed by atoms with Gasteiger partial charge in [0.25, 0.3) is 5.56 Å². The average Bonchev–Trinajstić information content (AvgIpc) is 2.54. The second-order valence-corrected chi connectivity index (χ2v) is 5.81. The van der Waals surface area contributed by atoms with Crippen LogP contribution in [-0.4, -0.2) is 4.98 Å². The number of rotatable bonds is 4. The summed E-state index contributed by atoms with van der Waals surface area (Å²) in [4.78, 5) is 15.2. The Balaban J connectivity index is 1.83. The molecule has 0 aliphatic carbocycles. The Kier molecular flexibility index (Phi) is 4.26. The smallest absolute Gasteiger partial charge is 0.252 e. The van der Waals surface area contributed by atoms with E-state index in [2.05, 4.69) is 10.3 Å². The molecule has 3 nitrogen and oxygen atoms in total. The molecule has 0 aliphatic heterocycles. The number of halogens is 1. The molecule has 118 valence electrons. The summed E-state index contributed by atoms with van der Waals surface area (Å²) in [6.07, 6.45) is 0. The highest BCUT2D eigenvalue weighted by molar-refractivity contribution is 5.85. The molecule has 3 rings (SSSR count). The minimum absolute atomic E-state index is 0.104. The molecule has 2 aromatic carbocycles. The normalized spacial score (nSPS) is 11.1. The van der Waals surface area contributed by atoms with Crippen molar-refractivity contribution < 1.29 is 4.39 Å². The van der Waals surface area contributed by atoms with Crippen LogP contribution in [-0.2, 0) is 13.1 Å². The van der Waals surface area contributed by atoms with Gasteiger partial charge in [-0.3, -0.25) is 4.79 Å². The van der Waals surface area contributed by atoms with Crippen LogP contribution in [0.2, 0.25) is 0 Å². The molecule has 3 aromatic rings. The molecular weight excluding hydrogens is 291 g/mol. The van der Waals surface area contributed by atoms with Gasteiger partial charge in [-0.15, -0.1) is 0 Å². The minimum atomic E-state index is -0.237. The molecule has 1 aromatic heterocycles. The number of hydrogen-bond donors (Lipinski definition) is 2. The van der Waals surface area contributed by atoms with Crippen LogP contribution in [0, 0.1) is 19.7 Å². The van der Waals surface area contributed by atoms with Crippen LogP contribution < -0.4 is 10.9 Å². The number of aryl methyl sites for hydroxylation is 2. The molecule has 0 spiro atoms. The fourth-order valence-corrected chi connectivity index (χ4v) is 2.72. The Morgan fingerprint density at radius 3 is 2.48 bits per heavy atom. The van der Waals surface area contributed by atoms with Crippen molar-refractivity contribution in [2.45, 2.75) is 26.9 Å². The zero-order valence-corrected chi connectivity index (χ0v) is 13.2. The Hall–Kier alpha value is -2.46. The maximum Gasteiger partial charge on any atom is 0.252 e. The van der Waals surface area contributed by atoms with Crippen molar-refractivity contribution in [3.05, 3.63) is 80.9 Å². The summed E-state index contributed by atoms with van der Waals surface area (Å²) in [6.45, 7) is 4.79. The van der Waals surface area contributed by atoms with Gasteiger partial charge in [-0.05, 0) is 37.1 Å². The van der Waals surface area contributed by atoms with Gasteiger partial charge in [0.15, 0.2) is 0 Å². The molecule has 23 heavy (non-hydrogen) atoms. The molecular formula is C19H19FN2O. The Morgan fingerprint density at radius 2 is 1.70 bits per heavy atom. The molecule has 0 saturated heterocycles. The predicted octanol–water partition coefficient (Wildman–Crippen LogP) is 3.57. The Bertz CT molecular complexity index is 915. The van der Waals surface area contributed by atoms with E-state index in [0.717, 1.165) is 22.0 Å². The summed E-state index contributed by atoms with van der Waals surface area (Å²) in [5.74, 6) is -0.237. The number of fused-ring (bicyclic) bond motifs is 1. The lowest BCUT2D eigenvalue weighted by Gasteiger charge is -2.09. The molecule has 0 bridgehead atoms. The third-order valence-corrected chi connectivity index (χ3v) is 4.11. The maximum atomic E-state index is 13.6. The standard InChI is InChI=1S/C19H19FN2O/c1-12-7-8-13(2)18-16(12)9-15(19(23)22-18)11-21-10-14-5-3-4-6-17(14)20/h3-9,21H,10-11H2,1-2H3,(H,22,23). The van der Waals surface area contributed by atoms with Crippen LogP contribution in [0.15, 0.2) is 47.3 Å². The van der Waals surface area contributed by atoms with Gasteiger partial charge in [-0.25, -0.2) is 4.39 Å². The van der Waals surface area contributed by atoms with E-state index >= 15 is 0 Å². The van der Waals surface area contributed by atoms with Crippen LogP contribution in [0.1, 0.15) is 22.3 Å². The van der Waals surface area contributed by atoms with E-state index in [1.165, 1.54) is 6.07 Å². The Morgan fingerprint density at radius 1 is 1.00 bits per heavy atom. The van der Waals surface area contributed by atoms with E-state index in [0.29, 0.717) is 24.2 Å². The molecule has 2 N–H and O–H groups in total. The third-order valence-electron chi connectivity index (χ3n) is 4.11. The molecule has 0 amide bonds. The van der Waals surface area contributed by atoms with Crippen LogP contribution >= 0.6 is 0 Å². The highest BCUT2D eigenvalue weighted by atomic mass is 19.1. The number of benzene rings is 2. The summed E-state index contributed by atoms with van der Waals surface area (Å²) >= 11 is 0. The monoisotopic (exact) mass is 310 g/mol. The van der Waals surface area contributed by atoms with Gasteiger partial charge in [-0.2, -0.15) is 0 Å². The van der Waals surface area contributed by atoms with E-state index in [1.54, 1.807) is 18.2 Å². The van der Waals surface area contributed by atoms with E-state index in [4.69, 9.17) is 0 Å². The van der Waals surface area contributed by atoms with E-state index in [-0.39, 0.29) is 11.4 Å². The predicted molar refractivity (Wildman–Crippen MR) is 91.0 cm³/mol. The summed E-state index contributed by atoms with van der Waals surface area (Å²) in [6, 6.07) is 12.6. The van der Waals surface area contributed by atoms with Gasteiger partial charge >= 0.3 is 0 Å². The first-order valence-corrected chi connectivity index (χ1v) is 7.62. The van der Waals surface area contributed by atoms with Gasteiger partial charge in [-0.1, -0.05) is 30.3 Å². The van der Waals surface area contributed by atoms with Gasteiger partial charge in [0.2, 0.25) is 0 Å². The van der Waals surface area contributed by atoms with E-state index in [9.17, 15) is 9.18 Å². The van der Waals surface area contributed by atoms with Crippen molar-refractivity contribution in [1.82, 2.24) is 10.3 Å². The minimum Gasteiger partial charge on any atom is -0.321 e. The van der Waals surface area contributed by atoms with Crippen LogP contribution in [0.25, 0.3) is 10.9 Å². The average molecular weight is 310 g/mol. The molecule has 0 unspecified atom stereocenters. The summed E-state index contributed by atoms with van der Waals surface area (Å²) in [7, 11) is 0. The van der Waals surface area contributed by atoms with Crippen LogP contribution in [0.3, 0.4) is 0 Å². The fraction of sp³-hybridized carbons (Fsp3) is 0.211. The first-order chi connectivity index (χ1) is 11.1. The van der Waals surface area contributed by atoms with Crippen molar-refractivity contribution in [2.75, 3.05) is 0 Å². The van der Waals surface area contributed by atoms with Gasteiger partial charge in [0.05, 0.1) is 5.52 Å². The SMILES string of the molecule is Cc1ccc(C)c2[nH]c(=O)c(CNCc3ccccc3F)cc12. The van der Waals surface area contributed by atoms with E-state index in [1.807, 2.05) is 32.0 Å². The first-order valence-electron chi connectivity index (χ1n) is 7.62. The van der Waals surface area contributed by atoms with Crippen LogP contribution in [0.4, 0.5) is 4.39 Å². The van der Waals surface area contributed by atoms with Gasteiger partial charge in [0, 0.05) is 29.6 Å². The second-order valence-electron chi connectivity index (χ2n) is 5.81. The highest BCUT2D eigenvalue weighted by Crippen LogP contribution is 2.19. The lowest BCUT2D eigenvalue weighted by atomic mass is 10.0. The topological polar surface area (TPSA) is 44.9 Å². The lowest BCUT2D eigenvalue weighted by Crippen LogP contribution is -2.21. The highest BCUT2D eigenvalue weighted by Gasteiger charge is 2.07. The molecule has 4 heteroatoms. The maximum absolute atomic E-state index is 13.6. The van der Waals surface area contributed by atoms with Crippen molar-refractivity contribution in [3.63, 3.8) is 0 Å². The van der Waals surface area contributed by atoms with Crippen molar-refractivity contribution in [2.24, 2.45) is 0 Å². The van der Waals surface area contributed by atoms with Crippen molar-refractivity contribution >= 4 is 10.9 Å². The quantitative estimate of drug-likeness (QED) is 0.774. The lowest BCUT2D eigenvalue weighted by molar-refractivity contribution is 0.587. The number of hydrogen-bond acceptors (Lipinski definition) is 2. The van der Waals surface area contributed by atoms with Crippen molar-refractivity contribution in [3.8, 4) is 0 Å². The molecule has 0 radical (unpaired) electrons. The molecule has 0 aliphatic rings. The number of aromatic nitrogens is 1. The first kappa shape index (κ1) is 15.4. The third kappa shape index (κ3) is 3.17. The number of H-pyrrole nitrogens is 1. The number of aromatic amines is 1. The summed E-state index contributed by atoms with van der Waals surface area (Å²) in [5.41, 5.74) is 4.20. The summed E-state index contributed by atoms with van der Waals surface area (Å²) < 4.78 is 13.6. The molecule has 0 atom stereocenters.